The van der Waals surface area contributed by atoms with Gasteiger partial charge >= 0.3 is 0 Å². The molecule has 0 aliphatic carbocycles. The minimum absolute atomic E-state index is 0.670. The minimum Gasteiger partial charge on any atom is -0.0985 e. The fourth-order valence-corrected chi connectivity index (χ4v) is 3.57. The molecule has 40 heavy (non-hydrogen) atoms. The lowest BCUT2D eigenvalue weighted by atomic mass is 9.98. The molecular weight excluding hydrogens is 480 g/mol. The van der Waals surface area contributed by atoms with Crippen molar-refractivity contribution >= 4 is 24.3 Å². The Bertz CT molecular complexity index is 1190. The molecule has 4 aromatic rings. The Morgan fingerprint density at radius 2 is 0.700 bits per heavy atom. The van der Waals surface area contributed by atoms with Crippen LogP contribution in [0.15, 0.2) is 136 Å². The molecular formula is C40H48. The topological polar surface area (TPSA) is 0 Å². The van der Waals surface area contributed by atoms with Crippen LogP contribution in [0, 0.1) is 0 Å². The number of benzene rings is 4. The van der Waals surface area contributed by atoms with E-state index in [1.54, 1.807) is 0 Å². The third-order valence-corrected chi connectivity index (χ3v) is 6.78. The van der Waals surface area contributed by atoms with Crippen LogP contribution < -0.4 is 0 Å². The maximum atomic E-state index is 3.73. The third kappa shape index (κ3) is 13.6. The van der Waals surface area contributed by atoms with Gasteiger partial charge in [0, 0.05) is 0 Å². The van der Waals surface area contributed by atoms with Crippen LogP contribution in [-0.2, 0) is 0 Å². The van der Waals surface area contributed by atoms with Crippen LogP contribution in [0.1, 0.15) is 85.8 Å². The summed E-state index contributed by atoms with van der Waals surface area (Å²) < 4.78 is 0. The summed E-state index contributed by atoms with van der Waals surface area (Å²) >= 11 is 0. The second-order valence-corrected chi connectivity index (χ2v) is 9.59. The molecule has 0 nitrogen and oxygen atoms in total. The van der Waals surface area contributed by atoms with Crippen LogP contribution in [0.25, 0.3) is 24.3 Å². The lowest BCUT2D eigenvalue weighted by Gasteiger charge is -2.08. The van der Waals surface area contributed by atoms with Crippen LogP contribution in [0.5, 0.6) is 0 Å². The van der Waals surface area contributed by atoms with Crippen LogP contribution in [-0.4, -0.2) is 0 Å². The van der Waals surface area contributed by atoms with E-state index in [1.165, 1.54) is 35.1 Å². The second-order valence-electron chi connectivity index (χ2n) is 9.59. The molecule has 0 heteroatoms. The third-order valence-electron chi connectivity index (χ3n) is 6.78. The van der Waals surface area contributed by atoms with Gasteiger partial charge in [-0.2, -0.15) is 0 Å². The average molecular weight is 529 g/mol. The van der Waals surface area contributed by atoms with E-state index in [4.69, 9.17) is 0 Å². The van der Waals surface area contributed by atoms with Crippen LogP contribution in [0.2, 0.25) is 0 Å². The summed E-state index contributed by atoms with van der Waals surface area (Å²) in [6, 6.07) is 37.3. The Labute approximate surface area is 245 Å². The van der Waals surface area contributed by atoms with Crippen LogP contribution >= 0.6 is 0 Å². The molecule has 2 atom stereocenters. The van der Waals surface area contributed by atoms with Crippen molar-refractivity contribution in [3.8, 4) is 0 Å². The lowest BCUT2D eigenvalue weighted by molar-refractivity contribution is 0.733. The van der Waals surface area contributed by atoms with E-state index in [2.05, 4.69) is 109 Å². The highest BCUT2D eigenvalue weighted by Gasteiger charge is 2.01. The van der Waals surface area contributed by atoms with Gasteiger partial charge in [0.1, 0.15) is 0 Å². The molecule has 0 aliphatic rings. The molecule has 0 saturated carbocycles. The normalized spacial score (nSPS) is 10.9. The zero-order valence-electron chi connectivity index (χ0n) is 25.1. The van der Waals surface area contributed by atoms with Gasteiger partial charge in [0.15, 0.2) is 0 Å². The van der Waals surface area contributed by atoms with Gasteiger partial charge in [0.2, 0.25) is 0 Å². The Balaban J connectivity index is 0.000000269. The molecule has 4 aromatic carbocycles. The van der Waals surface area contributed by atoms with E-state index < -0.39 is 0 Å². The molecule has 4 rings (SSSR count). The smallest absolute Gasteiger partial charge is 0.0193 e. The first-order valence-electron chi connectivity index (χ1n) is 14.2. The van der Waals surface area contributed by atoms with Gasteiger partial charge in [0.25, 0.3) is 0 Å². The van der Waals surface area contributed by atoms with Crippen LogP contribution in [0.3, 0.4) is 0 Å². The summed E-state index contributed by atoms with van der Waals surface area (Å²) in [6.07, 6.45) is 9.79. The molecule has 0 fully saturated rings. The molecule has 0 radical (unpaired) electrons. The molecule has 0 N–H and O–H groups in total. The Morgan fingerprint density at radius 3 is 1.00 bits per heavy atom. The zero-order chi connectivity index (χ0) is 29.6. The lowest BCUT2D eigenvalue weighted by Crippen LogP contribution is -1.90. The van der Waals surface area contributed by atoms with Crippen molar-refractivity contribution in [3.63, 3.8) is 0 Å². The van der Waals surface area contributed by atoms with Gasteiger partial charge in [-0.15, -0.1) is 0 Å². The maximum Gasteiger partial charge on any atom is -0.0193 e. The minimum atomic E-state index is 0.670. The Morgan fingerprint density at radius 1 is 0.425 bits per heavy atom. The van der Waals surface area contributed by atoms with Crippen molar-refractivity contribution < 1.29 is 0 Å². The van der Waals surface area contributed by atoms with E-state index >= 15 is 0 Å². The fourth-order valence-electron chi connectivity index (χ4n) is 3.57. The highest BCUT2D eigenvalue weighted by molar-refractivity contribution is 5.53. The number of hydrogen-bond acceptors (Lipinski definition) is 0. The molecule has 0 spiro atoms. The quantitative estimate of drug-likeness (QED) is 0.213. The standard InChI is InChI=1S/C12H16.C10H14.C10H10.C8H8/c1-4-10(3)12-8-6-11(5-2)7-9-12;1-3-9(2)10-7-5-4-6-8-10;1-3-9-5-7-10(4-2)8-6-9;1-2-8-6-4-3-5-7-8/h5-10H,2,4H2,1,3H3;4-9H,3H2,1-2H3;3-8H,1-2H2;2-7H,1H2. The first-order valence-corrected chi connectivity index (χ1v) is 14.2. The van der Waals surface area contributed by atoms with Gasteiger partial charge in [0.05, 0.1) is 0 Å². The van der Waals surface area contributed by atoms with E-state index in [9.17, 15) is 0 Å². The van der Waals surface area contributed by atoms with Gasteiger partial charge in [-0.05, 0) is 58.1 Å². The van der Waals surface area contributed by atoms with Crippen molar-refractivity contribution in [3.05, 3.63) is 169 Å². The molecule has 2 unspecified atom stereocenters. The van der Waals surface area contributed by atoms with Crippen molar-refractivity contribution in [1.29, 1.82) is 0 Å². The maximum absolute atomic E-state index is 3.73. The molecule has 0 amide bonds. The van der Waals surface area contributed by atoms with Crippen molar-refractivity contribution in [2.45, 2.75) is 52.4 Å². The molecule has 0 saturated heterocycles. The summed E-state index contributed by atoms with van der Waals surface area (Å²) in [4.78, 5) is 0. The predicted molar refractivity (Wildman–Crippen MR) is 184 cm³/mol. The van der Waals surface area contributed by atoms with Crippen molar-refractivity contribution in [2.75, 3.05) is 0 Å². The van der Waals surface area contributed by atoms with Gasteiger partial charge in [-0.1, -0.05) is 188 Å². The van der Waals surface area contributed by atoms with E-state index in [0.29, 0.717) is 11.8 Å². The van der Waals surface area contributed by atoms with Gasteiger partial charge in [-0.3, -0.25) is 0 Å². The summed E-state index contributed by atoms with van der Waals surface area (Å²) in [5, 5.41) is 0. The number of hydrogen-bond donors (Lipinski definition) is 0. The second kappa shape index (κ2) is 20.8. The Hall–Kier alpha value is -4.16. The van der Waals surface area contributed by atoms with Crippen molar-refractivity contribution in [2.24, 2.45) is 0 Å². The highest BCUT2D eigenvalue weighted by Crippen LogP contribution is 2.19. The first kappa shape index (κ1) is 33.9. The summed E-state index contributed by atoms with van der Waals surface area (Å²) in [5.41, 5.74) is 7.53. The monoisotopic (exact) mass is 528 g/mol. The molecule has 0 aliphatic heterocycles. The van der Waals surface area contributed by atoms with Crippen molar-refractivity contribution in [1.82, 2.24) is 0 Å². The van der Waals surface area contributed by atoms with E-state index in [0.717, 1.165) is 11.1 Å². The first-order chi connectivity index (χ1) is 19.4. The molecule has 0 aromatic heterocycles. The SMILES string of the molecule is C=Cc1ccc(C(C)CC)cc1.C=Cc1ccc(C=C)cc1.C=Cc1ccccc1.CCC(C)c1ccccc1. The number of rotatable bonds is 8. The molecule has 0 bridgehead atoms. The summed E-state index contributed by atoms with van der Waals surface area (Å²) in [5.74, 6) is 1.38. The summed E-state index contributed by atoms with van der Waals surface area (Å²) in [6.45, 7) is 23.6. The molecule has 208 valence electrons. The highest BCUT2D eigenvalue weighted by atomic mass is 14.1. The van der Waals surface area contributed by atoms with E-state index in [-0.39, 0.29) is 0 Å². The predicted octanol–water partition coefficient (Wildman–Crippen LogP) is 12.3. The Kier molecular flexibility index (Phi) is 17.6. The summed E-state index contributed by atoms with van der Waals surface area (Å²) in [7, 11) is 0. The molecule has 0 heterocycles. The van der Waals surface area contributed by atoms with Gasteiger partial charge in [-0.25, -0.2) is 0 Å². The average Bonchev–Trinajstić information content (AvgIpc) is 3.05. The van der Waals surface area contributed by atoms with E-state index in [1.807, 2.05) is 78.9 Å². The van der Waals surface area contributed by atoms with Gasteiger partial charge < -0.3 is 0 Å². The largest absolute Gasteiger partial charge is 0.0985 e. The van der Waals surface area contributed by atoms with Crippen LogP contribution in [0.4, 0.5) is 0 Å². The zero-order valence-corrected chi connectivity index (χ0v) is 25.1. The fraction of sp³-hybridized carbons (Fsp3) is 0.200.